The molecule has 1 aromatic carbocycles. The molecular formula is C22H30N3O7P. The van der Waals surface area contributed by atoms with Crippen molar-refractivity contribution in [1.82, 2.24) is 14.6 Å². The first kappa shape index (κ1) is 25.1. The van der Waals surface area contributed by atoms with Crippen molar-refractivity contribution < 1.29 is 23.3 Å². The van der Waals surface area contributed by atoms with Crippen molar-refractivity contribution in [3.8, 4) is 5.75 Å². The number of hydrogen-bond acceptors (Lipinski definition) is 8. The van der Waals surface area contributed by atoms with E-state index in [1.807, 2.05) is 25.1 Å². The summed E-state index contributed by atoms with van der Waals surface area (Å²) in [7, 11) is -1.67. The van der Waals surface area contributed by atoms with E-state index >= 15 is 0 Å². The van der Waals surface area contributed by atoms with Gasteiger partial charge in [0.15, 0.2) is 0 Å². The minimum Gasteiger partial charge on any atom is -0.465 e. The number of nitrogens with zero attached hydrogens (tertiary/aromatic N) is 1. The van der Waals surface area contributed by atoms with Gasteiger partial charge in [-0.3, -0.25) is 19.1 Å². The summed E-state index contributed by atoms with van der Waals surface area (Å²) in [4.78, 5) is 37.8. The average Bonchev–Trinajstić information content (AvgIpc) is 3.27. The standard InChI is InChI=1S/C22H30N3O7P/c1-3-4-14-29-21(27)16(2)24-33(32-17-8-6-5-7-9-17)30-15-18-10-11-20(31-18)25-13-12-19(26)23-22(25)28/h5-9,12-13,16,18,20,24H,3-4,10-11,14-15H2,1-2H3,(H,23,26,28)/t16?,18-,20?,33+/m0/s1. The molecule has 33 heavy (non-hydrogen) atoms. The number of carbonyl (C=O) groups excluding carboxylic acids is 1. The van der Waals surface area contributed by atoms with Crippen LogP contribution in [-0.2, 0) is 18.8 Å². The van der Waals surface area contributed by atoms with Gasteiger partial charge in [-0.15, -0.1) is 0 Å². The van der Waals surface area contributed by atoms with Crippen LogP contribution in [0.3, 0.4) is 0 Å². The fraction of sp³-hybridized carbons (Fsp3) is 0.500. The Labute approximate surface area is 193 Å². The van der Waals surface area contributed by atoms with Crippen LogP contribution in [-0.4, -0.2) is 40.9 Å². The monoisotopic (exact) mass is 479 g/mol. The quantitative estimate of drug-likeness (QED) is 0.271. The smallest absolute Gasteiger partial charge is 0.330 e. The Bertz CT molecular complexity index is 997. The lowest BCUT2D eigenvalue weighted by molar-refractivity contribution is -0.145. The summed E-state index contributed by atoms with van der Waals surface area (Å²) in [6.07, 6.45) is 3.69. The van der Waals surface area contributed by atoms with Crippen molar-refractivity contribution in [2.75, 3.05) is 13.2 Å². The number of esters is 1. The molecule has 1 saturated heterocycles. The van der Waals surface area contributed by atoms with Gasteiger partial charge in [-0.05, 0) is 38.3 Å². The number of aromatic nitrogens is 2. The summed E-state index contributed by atoms with van der Waals surface area (Å²) in [6.45, 7) is 4.31. The fourth-order valence-corrected chi connectivity index (χ4v) is 4.36. The van der Waals surface area contributed by atoms with E-state index in [1.54, 1.807) is 19.1 Å². The molecule has 1 fully saturated rings. The molecule has 2 N–H and O–H groups in total. The number of unbranched alkanes of at least 4 members (excludes halogenated alkanes) is 1. The number of aromatic amines is 1. The Kier molecular flexibility index (Phi) is 9.62. The van der Waals surface area contributed by atoms with Gasteiger partial charge >= 0.3 is 20.2 Å². The summed E-state index contributed by atoms with van der Waals surface area (Å²) >= 11 is 0. The van der Waals surface area contributed by atoms with E-state index in [4.69, 9.17) is 18.5 Å². The van der Waals surface area contributed by atoms with E-state index in [2.05, 4.69) is 10.1 Å². The highest BCUT2D eigenvalue weighted by Gasteiger charge is 2.30. The number of rotatable bonds is 12. The molecule has 1 aliphatic rings. The molecule has 2 unspecified atom stereocenters. The van der Waals surface area contributed by atoms with Crippen LogP contribution in [0.4, 0.5) is 0 Å². The van der Waals surface area contributed by atoms with E-state index in [-0.39, 0.29) is 18.7 Å². The molecular weight excluding hydrogens is 449 g/mol. The Morgan fingerprint density at radius 1 is 1.27 bits per heavy atom. The molecule has 0 radical (unpaired) electrons. The van der Waals surface area contributed by atoms with Crippen LogP contribution >= 0.6 is 8.53 Å². The average molecular weight is 479 g/mol. The molecule has 1 aliphatic heterocycles. The second kappa shape index (κ2) is 12.6. The molecule has 0 saturated carbocycles. The molecule has 180 valence electrons. The predicted octanol–water partition coefficient (Wildman–Crippen LogP) is 2.86. The van der Waals surface area contributed by atoms with Gasteiger partial charge in [-0.2, -0.15) is 0 Å². The second-order valence-electron chi connectivity index (χ2n) is 7.64. The van der Waals surface area contributed by atoms with E-state index in [0.717, 1.165) is 12.8 Å². The van der Waals surface area contributed by atoms with Crippen LogP contribution in [0, 0.1) is 0 Å². The van der Waals surface area contributed by atoms with Crippen LogP contribution in [0.25, 0.3) is 0 Å². The third-order valence-electron chi connectivity index (χ3n) is 4.95. The van der Waals surface area contributed by atoms with Gasteiger partial charge in [-0.25, -0.2) is 9.88 Å². The zero-order chi connectivity index (χ0) is 23.6. The maximum atomic E-state index is 12.3. The molecule has 3 rings (SSSR count). The van der Waals surface area contributed by atoms with E-state index in [0.29, 0.717) is 25.2 Å². The minimum absolute atomic E-state index is 0.206. The van der Waals surface area contributed by atoms with Crippen molar-refractivity contribution in [3.05, 3.63) is 63.4 Å². The largest absolute Gasteiger partial charge is 0.465 e. The summed E-state index contributed by atoms with van der Waals surface area (Å²) < 4.78 is 24.5. The van der Waals surface area contributed by atoms with Gasteiger partial charge in [-0.1, -0.05) is 31.5 Å². The number of benzene rings is 1. The molecule has 4 atom stereocenters. The number of nitrogens with one attached hydrogen (secondary N) is 2. The first-order valence-corrected chi connectivity index (χ1v) is 12.2. The van der Waals surface area contributed by atoms with Gasteiger partial charge in [0.1, 0.15) is 18.0 Å². The summed E-state index contributed by atoms with van der Waals surface area (Å²) in [5.41, 5.74) is -0.966. The highest BCUT2D eigenvalue weighted by Crippen LogP contribution is 2.38. The summed E-state index contributed by atoms with van der Waals surface area (Å²) in [5.74, 6) is 0.235. The van der Waals surface area contributed by atoms with E-state index in [9.17, 15) is 14.4 Å². The van der Waals surface area contributed by atoms with E-state index in [1.165, 1.54) is 16.8 Å². The Balaban J connectivity index is 1.57. The third kappa shape index (κ3) is 7.78. The summed E-state index contributed by atoms with van der Waals surface area (Å²) in [6, 6.07) is 9.84. The fourth-order valence-electron chi connectivity index (χ4n) is 3.14. The van der Waals surface area contributed by atoms with Gasteiger partial charge in [0, 0.05) is 12.3 Å². The van der Waals surface area contributed by atoms with Crippen molar-refractivity contribution in [3.63, 3.8) is 0 Å². The first-order valence-electron chi connectivity index (χ1n) is 11.0. The highest BCUT2D eigenvalue weighted by molar-refractivity contribution is 7.45. The van der Waals surface area contributed by atoms with Crippen LogP contribution in [0.5, 0.6) is 5.75 Å². The lowest BCUT2D eigenvalue weighted by Crippen LogP contribution is -2.34. The molecule has 10 nitrogen and oxygen atoms in total. The number of hydrogen-bond donors (Lipinski definition) is 2. The molecule has 1 aromatic heterocycles. The predicted molar refractivity (Wildman–Crippen MR) is 123 cm³/mol. The highest BCUT2D eigenvalue weighted by atomic mass is 31.2. The summed E-state index contributed by atoms with van der Waals surface area (Å²) in [5, 5.41) is 3.07. The zero-order valence-corrected chi connectivity index (χ0v) is 19.7. The Morgan fingerprint density at radius 2 is 2.06 bits per heavy atom. The number of ether oxygens (including phenoxy) is 2. The zero-order valence-electron chi connectivity index (χ0n) is 18.8. The molecule has 2 aromatic rings. The van der Waals surface area contributed by atoms with Crippen LogP contribution in [0.15, 0.2) is 52.2 Å². The number of H-pyrrole nitrogens is 1. The number of para-hydroxylation sites is 1. The topological polar surface area (TPSA) is 121 Å². The molecule has 11 heteroatoms. The molecule has 2 heterocycles. The van der Waals surface area contributed by atoms with Gasteiger partial charge in [0.2, 0.25) is 0 Å². The normalized spacial score (nSPS) is 19.7. The van der Waals surface area contributed by atoms with Gasteiger partial charge in [0.05, 0.1) is 19.3 Å². The molecule has 0 aliphatic carbocycles. The minimum atomic E-state index is -1.67. The van der Waals surface area contributed by atoms with Crippen LogP contribution in [0.2, 0.25) is 0 Å². The molecule has 0 spiro atoms. The van der Waals surface area contributed by atoms with Crippen molar-refractivity contribution >= 4 is 14.5 Å². The second-order valence-corrected chi connectivity index (χ2v) is 8.85. The third-order valence-corrected chi connectivity index (χ3v) is 6.31. The maximum Gasteiger partial charge on any atom is 0.330 e. The van der Waals surface area contributed by atoms with Crippen LogP contribution < -0.4 is 20.9 Å². The SMILES string of the molecule is CCCCOC(=O)C(C)N[P@](OC[C@@H]1CCC(n2ccc(=O)[nH]c2=O)O1)Oc1ccccc1. The molecule has 0 bridgehead atoms. The maximum absolute atomic E-state index is 12.3. The number of carbonyl (C=O) groups is 1. The van der Waals surface area contributed by atoms with Crippen molar-refractivity contribution in [2.24, 2.45) is 0 Å². The van der Waals surface area contributed by atoms with E-state index < -0.39 is 32.0 Å². The van der Waals surface area contributed by atoms with Crippen LogP contribution in [0.1, 0.15) is 45.8 Å². The lowest BCUT2D eigenvalue weighted by atomic mass is 10.2. The van der Waals surface area contributed by atoms with Gasteiger partial charge < -0.3 is 18.5 Å². The first-order chi connectivity index (χ1) is 16.0. The lowest BCUT2D eigenvalue weighted by Gasteiger charge is -2.23. The molecule has 0 amide bonds. The van der Waals surface area contributed by atoms with Crippen molar-refractivity contribution in [1.29, 1.82) is 0 Å². The van der Waals surface area contributed by atoms with Crippen molar-refractivity contribution in [2.45, 2.75) is 57.9 Å². The Morgan fingerprint density at radius 3 is 2.79 bits per heavy atom. The Hall–Kier alpha value is -2.52. The van der Waals surface area contributed by atoms with Gasteiger partial charge in [0.25, 0.3) is 5.56 Å².